The Balaban J connectivity index is 1.64. The van der Waals surface area contributed by atoms with Gasteiger partial charge in [-0.3, -0.25) is 19.8 Å². The quantitative estimate of drug-likeness (QED) is 0.332. The van der Waals surface area contributed by atoms with Crippen molar-refractivity contribution in [3.05, 3.63) is 93.6 Å². The summed E-state index contributed by atoms with van der Waals surface area (Å²) in [7, 11) is 0. The van der Waals surface area contributed by atoms with Crippen molar-refractivity contribution >= 4 is 51.6 Å². The molecule has 3 aromatic carbocycles. The van der Waals surface area contributed by atoms with Gasteiger partial charge in [-0.2, -0.15) is 0 Å². The van der Waals surface area contributed by atoms with E-state index in [4.69, 9.17) is 11.6 Å². The molecule has 0 saturated heterocycles. The summed E-state index contributed by atoms with van der Waals surface area (Å²) < 4.78 is 1.30. The van der Waals surface area contributed by atoms with Gasteiger partial charge in [0.05, 0.1) is 5.52 Å². The molecule has 0 atom stereocenters. The van der Waals surface area contributed by atoms with E-state index in [-0.39, 0.29) is 5.69 Å². The summed E-state index contributed by atoms with van der Waals surface area (Å²) in [5.41, 5.74) is 8.38. The molecule has 1 aromatic heterocycles. The number of hydrogen-bond acceptors (Lipinski definition) is 3. The lowest BCUT2D eigenvalue weighted by molar-refractivity contribution is -0.133. The predicted octanol–water partition coefficient (Wildman–Crippen LogP) is 5.49. The van der Waals surface area contributed by atoms with Crippen molar-refractivity contribution in [2.24, 2.45) is 0 Å². The molecule has 0 spiro atoms. The van der Waals surface area contributed by atoms with Crippen molar-refractivity contribution in [3.8, 4) is 0 Å². The number of amides is 3. The third kappa shape index (κ3) is 5.05. The van der Waals surface area contributed by atoms with Crippen LogP contribution in [0.4, 0.5) is 11.4 Å². The van der Waals surface area contributed by atoms with Crippen LogP contribution >= 0.6 is 11.6 Å². The number of rotatable bonds is 4. The molecule has 0 fully saturated rings. The summed E-state index contributed by atoms with van der Waals surface area (Å²) in [4.78, 5) is 38.7. The van der Waals surface area contributed by atoms with E-state index in [1.54, 1.807) is 42.5 Å². The smallest absolute Gasteiger partial charge is 0.321 e. The average molecular weight is 489 g/mol. The lowest BCUT2D eigenvalue weighted by atomic mass is 10.1. The number of hydrogen-bond donors (Lipinski definition) is 3. The highest BCUT2D eigenvalue weighted by molar-refractivity contribution is 6.42. The Morgan fingerprint density at radius 1 is 0.771 bits per heavy atom. The summed E-state index contributed by atoms with van der Waals surface area (Å²) in [5, 5.41) is 6.61. The van der Waals surface area contributed by atoms with Crippen LogP contribution in [0.2, 0.25) is 5.02 Å². The second-order valence-electron chi connectivity index (χ2n) is 8.46. The number of nitrogens with zero attached hydrogens (tertiary/aromatic N) is 1. The monoisotopic (exact) mass is 488 g/mol. The van der Waals surface area contributed by atoms with Crippen LogP contribution in [0.5, 0.6) is 0 Å². The van der Waals surface area contributed by atoms with Crippen LogP contribution in [-0.2, 0) is 9.59 Å². The number of anilines is 2. The minimum absolute atomic E-state index is 0.147. The predicted molar refractivity (Wildman–Crippen MR) is 140 cm³/mol. The van der Waals surface area contributed by atoms with Crippen molar-refractivity contribution < 1.29 is 14.4 Å². The number of nitrogens with one attached hydrogen (secondary N) is 3. The zero-order valence-corrected chi connectivity index (χ0v) is 20.6. The van der Waals surface area contributed by atoms with Crippen molar-refractivity contribution in [2.75, 3.05) is 16.1 Å². The van der Waals surface area contributed by atoms with Gasteiger partial charge in [0.25, 0.3) is 5.91 Å². The van der Waals surface area contributed by atoms with Crippen LogP contribution in [0.3, 0.4) is 0 Å². The molecule has 4 aromatic rings. The fourth-order valence-corrected chi connectivity index (χ4v) is 3.89. The molecule has 0 saturated carbocycles. The molecule has 0 aliphatic rings. The Bertz CT molecular complexity index is 1490. The maximum atomic E-state index is 13.2. The second kappa shape index (κ2) is 9.64. The summed E-state index contributed by atoms with van der Waals surface area (Å²) in [6.07, 6.45) is 0. The SMILES string of the molecule is Cc1ccc(NC(=O)c2cc3cc(Cl)ccc3n2NC(=O)C(=O)Nc2cccc(C)c2C)cc1C. The minimum atomic E-state index is -0.918. The van der Waals surface area contributed by atoms with Crippen LogP contribution in [0.1, 0.15) is 32.7 Å². The summed E-state index contributed by atoms with van der Waals surface area (Å²) >= 11 is 6.13. The van der Waals surface area contributed by atoms with Crippen molar-refractivity contribution in [1.82, 2.24) is 4.68 Å². The van der Waals surface area contributed by atoms with E-state index in [1.807, 2.05) is 45.9 Å². The van der Waals surface area contributed by atoms with E-state index in [9.17, 15) is 14.4 Å². The Kier molecular flexibility index (Phi) is 6.62. The van der Waals surface area contributed by atoms with E-state index in [1.165, 1.54) is 4.68 Å². The van der Waals surface area contributed by atoms with E-state index in [0.717, 1.165) is 22.3 Å². The van der Waals surface area contributed by atoms with E-state index in [0.29, 0.717) is 27.3 Å². The molecule has 0 aliphatic heterocycles. The maximum absolute atomic E-state index is 13.2. The number of benzene rings is 3. The topological polar surface area (TPSA) is 92.2 Å². The Morgan fingerprint density at radius 2 is 1.54 bits per heavy atom. The van der Waals surface area contributed by atoms with Crippen LogP contribution in [0.15, 0.2) is 60.7 Å². The van der Waals surface area contributed by atoms with Gasteiger partial charge in [0.15, 0.2) is 0 Å². The highest BCUT2D eigenvalue weighted by atomic mass is 35.5. The molecule has 3 amide bonds. The Morgan fingerprint density at radius 3 is 2.29 bits per heavy atom. The number of aromatic nitrogens is 1. The van der Waals surface area contributed by atoms with Gasteiger partial charge >= 0.3 is 11.8 Å². The first-order valence-corrected chi connectivity index (χ1v) is 11.4. The van der Waals surface area contributed by atoms with Crippen LogP contribution < -0.4 is 16.1 Å². The van der Waals surface area contributed by atoms with Gasteiger partial charge in [-0.25, -0.2) is 4.68 Å². The first kappa shape index (κ1) is 24.0. The molecule has 8 heteroatoms. The number of aryl methyl sites for hydroxylation is 3. The maximum Gasteiger partial charge on any atom is 0.328 e. The van der Waals surface area contributed by atoms with E-state index >= 15 is 0 Å². The largest absolute Gasteiger partial charge is 0.328 e. The van der Waals surface area contributed by atoms with Crippen molar-refractivity contribution in [2.45, 2.75) is 27.7 Å². The summed E-state index contributed by atoms with van der Waals surface area (Å²) in [6, 6.07) is 17.7. The zero-order valence-electron chi connectivity index (χ0n) is 19.8. The molecular formula is C27H25ClN4O3. The van der Waals surface area contributed by atoms with Gasteiger partial charge in [-0.1, -0.05) is 29.8 Å². The summed E-state index contributed by atoms with van der Waals surface area (Å²) in [6.45, 7) is 7.73. The van der Waals surface area contributed by atoms with Gasteiger partial charge in [-0.05, 0) is 92.4 Å². The van der Waals surface area contributed by atoms with Gasteiger partial charge in [0.1, 0.15) is 5.69 Å². The molecule has 178 valence electrons. The fraction of sp³-hybridized carbons (Fsp3) is 0.148. The van der Waals surface area contributed by atoms with Gasteiger partial charge in [-0.15, -0.1) is 0 Å². The molecular weight excluding hydrogens is 464 g/mol. The van der Waals surface area contributed by atoms with Gasteiger partial charge < -0.3 is 10.6 Å². The highest BCUT2D eigenvalue weighted by Gasteiger charge is 2.22. The van der Waals surface area contributed by atoms with Gasteiger partial charge in [0.2, 0.25) is 0 Å². The van der Waals surface area contributed by atoms with Crippen molar-refractivity contribution in [3.63, 3.8) is 0 Å². The Labute approximate surface area is 208 Å². The van der Waals surface area contributed by atoms with Crippen LogP contribution in [0.25, 0.3) is 10.9 Å². The molecule has 0 aliphatic carbocycles. The average Bonchev–Trinajstić information content (AvgIpc) is 3.16. The standard InChI is InChI=1S/C27H25ClN4O3/c1-15-8-10-21(12-17(15)3)29-25(33)24-14-19-13-20(28)9-11-23(19)32(24)31-27(35)26(34)30-22-7-5-6-16(2)18(22)4/h5-14H,1-4H3,(H,29,33)(H,30,34)(H,31,35). The number of carbonyl (C=O) groups is 3. The van der Waals surface area contributed by atoms with E-state index < -0.39 is 17.7 Å². The third-order valence-electron chi connectivity index (χ3n) is 6.03. The lowest BCUT2D eigenvalue weighted by Crippen LogP contribution is -2.36. The molecule has 0 radical (unpaired) electrons. The minimum Gasteiger partial charge on any atom is -0.321 e. The molecule has 0 bridgehead atoms. The lowest BCUT2D eigenvalue weighted by Gasteiger charge is -2.14. The number of fused-ring (bicyclic) bond motifs is 1. The first-order chi connectivity index (χ1) is 16.6. The molecule has 4 rings (SSSR count). The molecule has 35 heavy (non-hydrogen) atoms. The van der Waals surface area contributed by atoms with E-state index in [2.05, 4.69) is 16.1 Å². The zero-order chi connectivity index (χ0) is 25.3. The number of halogens is 1. The second-order valence-corrected chi connectivity index (χ2v) is 8.90. The van der Waals surface area contributed by atoms with Crippen LogP contribution in [-0.4, -0.2) is 22.4 Å². The van der Waals surface area contributed by atoms with Gasteiger partial charge in [0, 0.05) is 21.8 Å². The van der Waals surface area contributed by atoms with Crippen LogP contribution in [0, 0.1) is 27.7 Å². The molecule has 3 N–H and O–H groups in total. The normalized spacial score (nSPS) is 10.8. The highest BCUT2D eigenvalue weighted by Crippen LogP contribution is 2.24. The fourth-order valence-electron chi connectivity index (χ4n) is 3.71. The summed E-state index contributed by atoms with van der Waals surface area (Å²) in [5.74, 6) is -2.22. The molecule has 0 unspecified atom stereocenters. The Hall–Kier alpha value is -4.10. The number of carbonyl (C=O) groups excluding carboxylic acids is 3. The first-order valence-electron chi connectivity index (χ1n) is 11.0. The van der Waals surface area contributed by atoms with Crippen molar-refractivity contribution in [1.29, 1.82) is 0 Å². The molecule has 1 heterocycles. The third-order valence-corrected chi connectivity index (χ3v) is 6.27. The molecule has 7 nitrogen and oxygen atoms in total.